The molecule has 0 saturated heterocycles. The highest BCUT2D eigenvalue weighted by Crippen LogP contribution is 1.34. The van der Waals surface area contributed by atoms with Gasteiger partial charge in [0.1, 0.15) is 10.2 Å². The van der Waals surface area contributed by atoms with E-state index in [1.54, 1.807) is 0 Å². The van der Waals surface area contributed by atoms with E-state index < -0.39 is 0 Å². The van der Waals surface area contributed by atoms with Gasteiger partial charge in [-0.15, -0.1) is 5.54 Å². The average Bonchev–Trinajstić information content (AvgIpc) is 1.41. The number of nitrogens with two attached hydrogens (primary N) is 1. The molecule has 0 aromatic heterocycles. The molecule has 0 aliphatic heterocycles. The van der Waals surface area contributed by atoms with Crippen LogP contribution in [-0.4, -0.2) is 16.8 Å². The molecule has 0 aromatic rings. The molecule has 1 nitrogen and oxygen atoms in total. The molecule has 0 heterocycles. The maximum Gasteiger partial charge on any atom is 0.147 e. The third kappa shape index (κ3) is 3.74. The van der Waals surface area contributed by atoms with Crippen LogP contribution in [0.5, 0.6) is 0 Å². The van der Waals surface area contributed by atoms with E-state index in [4.69, 9.17) is 5.73 Å². The zero-order chi connectivity index (χ0) is 4.12. The maximum atomic E-state index is 4.93. The Morgan fingerprint density at radius 1 is 1.80 bits per heavy atom. The van der Waals surface area contributed by atoms with E-state index in [0.29, 0.717) is 6.54 Å². The van der Waals surface area contributed by atoms with Crippen molar-refractivity contribution in [1.29, 1.82) is 0 Å². The van der Waals surface area contributed by atoms with Crippen molar-refractivity contribution in [3.63, 3.8) is 0 Å². The lowest BCUT2D eigenvalue weighted by atomic mass is 10.7. The topological polar surface area (TPSA) is 26.0 Å². The van der Waals surface area contributed by atoms with Gasteiger partial charge >= 0.3 is 0 Å². The van der Waals surface area contributed by atoms with Gasteiger partial charge in [-0.25, -0.2) is 0 Å². The number of rotatable bonds is 0. The summed E-state index contributed by atoms with van der Waals surface area (Å²) in [7, 11) is 2.91. The van der Waals surface area contributed by atoms with Gasteiger partial charge in [0.05, 0.1) is 6.54 Å². The minimum atomic E-state index is 0.434. The smallest absolute Gasteiger partial charge is 0.147 e. The molecule has 5 heavy (non-hydrogen) atoms. The molecular weight excluding hydrogens is 78.1 g/mol. The normalized spacial score (nSPS) is 5.20. The fourth-order valence-electron chi connectivity index (χ4n) is 0.0510. The van der Waals surface area contributed by atoms with Gasteiger partial charge in [0.25, 0.3) is 0 Å². The first kappa shape index (κ1) is 4.74. The highest BCUT2D eigenvalue weighted by molar-refractivity contribution is 6.22. The standard InChI is InChI=1S/C3H4NSi/c4-2-1-3-5/h2,4H2. The van der Waals surface area contributed by atoms with Crippen LogP contribution in [0.15, 0.2) is 0 Å². The monoisotopic (exact) mass is 82.0 g/mol. The Balaban J connectivity index is 2.81. The third-order valence-corrected chi connectivity index (χ3v) is 0.367. The van der Waals surface area contributed by atoms with Crippen molar-refractivity contribution in [1.82, 2.24) is 0 Å². The molecule has 0 aromatic carbocycles. The predicted octanol–water partition coefficient (Wildman–Crippen LogP) is -0.925. The molecule has 0 spiro atoms. The zero-order valence-corrected chi connectivity index (χ0v) is 3.78. The molecule has 0 unspecified atom stereocenters. The van der Waals surface area contributed by atoms with Crippen LogP contribution in [0.25, 0.3) is 0 Å². The third-order valence-electron chi connectivity index (χ3n) is 0.190. The summed E-state index contributed by atoms with van der Waals surface area (Å²) < 4.78 is 0. The molecule has 0 amide bonds. The minimum Gasteiger partial charge on any atom is -0.320 e. The second-order valence-electron chi connectivity index (χ2n) is 0.506. The summed E-state index contributed by atoms with van der Waals surface area (Å²) in [6.07, 6.45) is 0. The van der Waals surface area contributed by atoms with Crippen molar-refractivity contribution in [2.45, 2.75) is 0 Å². The Labute approximate surface area is 35.0 Å². The SMILES string of the molecule is NCC#C[Si]. The van der Waals surface area contributed by atoms with Crippen LogP contribution in [0.3, 0.4) is 0 Å². The lowest BCUT2D eigenvalue weighted by Gasteiger charge is -1.60. The summed E-state index contributed by atoms with van der Waals surface area (Å²) in [6, 6.07) is 0. The number of hydrogen-bond acceptors (Lipinski definition) is 1. The van der Waals surface area contributed by atoms with Gasteiger partial charge in [0, 0.05) is 0 Å². The van der Waals surface area contributed by atoms with E-state index in [0.717, 1.165) is 0 Å². The molecule has 0 rings (SSSR count). The van der Waals surface area contributed by atoms with Gasteiger partial charge in [-0.05, 0) is 0 Å². The van der Waals surface area contributed by atoms with Crippen LogP contribution in [-0.2, 0) is 0 Å². The molecule has 2 N–H and O–H groups in total. The fourth-order valence-corrected chi connectivity index (χ4v) is 0.153. The van der Waals surface area contributed by atoms with E-state index in [9.17, 15) is 0 Å². The summed E-state index contributed by atoms with van der Waals surface area (Å²) in [5, 5.41) is 0. The molecule has 2 heteroatoms. The molecule has 0 saturated carbocycles. The van der Waals surface area contributed by atoms with Gasteiger partial charge in [-0.3, -0.25) is 0 Å². The van der Waals surface area contributed by atoms with Gasteiger partial charge in [-0.1, -0.05) is 5.92 Å². The molecule has 25 valence electrons. The van der Waals surface area contributed by atoms with Crippen LogP contribution >= 0.6 is 0 Å². The first-order chi connectivity index (χ1) is 2.41. The maximum absolute atomic E-state index is 4.93. The Hall–Kier alpha value is -0.263. The van der Waals surface area contributed by atoms with Gasteiger partial charge < -0.3 is 5.73 Å². The first-order valence-electron chi connectivity index (χ1n) is 1.26. The minimum absolute atomic E-state index is 0.434. The van der Waals surface area contributed by atoms with E-state index in [-0.39, 0.29) is 0 Å². The lowest BCUT2D eigenvalue weighted by molar-refractivity contribution is 1.30. The molecule has 0 fully saturated rings. The van der Waals surface area contributed by atoms with Gasteiger partial charge in [-0.2, -0.15) is 0 Å². The van der Waals surface area contributed by atoms with Crippen LogP contribution in [0.4, 0.5) is 0 Å². The van der Waals surface area contributed by atoms with Crippen molar-refractivity contribution in [2.24, 2.45) is 5.73 Å². The van der Waals surface area contributed by atoms with Crippen molar-refractivity contribution in [3.05, 3.63) is 0 Å². The van der Waals surface area contributed by atoms with Crippen LogP contribution in [0.2, 0.25) is 0 Å². The van der Waals surface area contributed by atoms with Crippen molar-refractivity contribution in [3.8, 4) is 11.5 Å². The average molecular weight is 82.2 g/mol. The quantitative estimate of drug-likeness (QED) is 0.297. The van der Waals surface area contributed by atoms with Gasteiger partial charge in [0.2, 0.25) is 0 Å². The Morgan fingerprint density at radius 3 is 2.40 bits per heavy atom. The zero-order valence-electron chi connectivity index (χ0n) is 2.78. The Morgan fingerprint density at radius 2 is 2.40 bits per heavy atom. The summed E-state index contributed by atoms with van der Waals surface area (Å²) >= 11 is 0. The summed E-state index contributed by atoms with van der Waals surface area (Å²) in [4.78, 5) is 0. The summed E-state index contributed by atoms with van der Waals surface area (Å²) in [5.41, 5.74) is 7.38. The fraction of sp³-hybridized carbons (Fsp3) is 0.333. The molecule has 0 bridgehead atoms. The molecular formula is C3H4NSi. The molecule has 0 aliphatic carbocycles. The highest BCUT2D eigenvalue weighted by Gasteiger charge is 1.47. The summed E-state index contributed by atoms with van der Waals surface area (Å²) in [5.74, 6) is 2.55. The second-order valence-corrected chi connectivity index (χ2v) is 0.756. The van der Waals surface area contributed by atoms with E-state index in [1.807, 2.05) is 0 Å². The van der Waals surface area contributed by atoms with E-state index >= 15 is 0 Å². The lowest BCUT2D eigenvalue weighted by Crippen LogP contribution is -1.92. The first-order valence-corrected chi connectivity index (χ1v) is 1.76. The Bertz CT molecular complexity index is 59.0. The molecule has 0 aliphatic rings. The van der Waals surface area contributed by atoms with E-state index in [1.165, 1.54) is 0 Å². The molecule has 0 atom stereocenters. The van der Waals surface area contributed by atoms with Gasteiger partial charge in [0.15, 0.2) is 0 Å². The number of hydrogen-bond donors (Lipinski definition) is 1. The Kier molecular flexibility index (Phi) is 3.54. The largest absolute Gasteiger partial charge is 0.320 e. The van der Waals surface area contributed by atoms with Crippen molar-refractivity contribution in [2.75, 3.05) is 6.54 Å². The van der Waals surface area contributed by atoms with Crippen LogP contribution < -0.4 is 5.73 Å². The van der Waals surface area contributed by atoms with Crippen LogP contribution in [0, 0.1) is 11.5 Å². The van der Waals surface area contributed by atoms with Crippen molar-refractivity contribution < 1.29 is 0 Å². The molecule has 3 radical (unpaired) electrons. The van der Waals surface area contributed by atoms with Crippen LogP contribution in [0.1, 0.15) is 0 Å². The summed E-state index contributed by atoms with van der Waals surface area (Å²) in [6.45, 7) is 0.434. The van der Waals surface area contributed by atoms with Crippen molar-refractivity contribution >= 4 is 10.2 Å². The van der Waals surface area contributed by atoms with E-state index in [2.05, 4.69) is 21.7 Å². The highest BCUT2D eigenvalue weighted by atomic mass is 28.1. The second kappa shape index (κ2) is 3.74. The predicted molar refractivity (Wildman–Crippen MR) is 22.6 cm³/mol.